The van der Waals surface area contributed by atoms with E-state index >= 15 is 0 Å². The molecule has 0 bridgehead atoms. The minimum atomic E-state index is -1.26. The van der Waals surface area contributed by atoms with Crippen molar-refractivity contribution < 1.29 is 18.4 Å². The van der Waals surface area contributed by atoms with Gasteiger partial charge in [0, 0.05) is 23.5 Å². The number of para-hydroxylation sites is 1. The standard InChI is InChI=1S/C20H15F2N3O2/c1-20-17-13(12-4-2-3-5-15(12)23-17)8-9-24(20)19(27)25(18(20)26)16-7-6-11(21)10-14(16)22/h2-7,10,23H,8-9H2,1H3/t20-/m1/s1. The zero-order valence-corrected chi connectivity index (χ0v) is 14.4. The van der Waals surface area contributed by atoms with Gasteiger partial charge in [-0.05, 0) is 37.1 Å². The summed E-state index contributed by atoms with van der Waals surface area (Å²) < 4.78 is 27.6. The molecule has 136 valence electrons. The first-order chi connectivity index (χ1) is 12.9. The molecule has 1 N–H and O–H groups in total. The van der Waals surface area contributed by atoms with Gasteiger partial charge in [-0.1, -0.05) is 18.2 Å². The summed E-state index contributed by atoms with van der Waals surface area (Å²) in [7, 11) is 0. The van der Waals surface area contributed by atoms with Crippen molar-refractivity contribution in [2.75, 3.05) is 11.4 Å². The fourth-order valence-corrected chi connectivity index (χ4v) is 4.27. The van der Waals surface area contributed by atoms with Crippen molar-refractivity contribution in [3.63, 3.8) is 0 Å². The Hall–Kier alpha value is -3.22. The first kappa shape index (κ1) is 16.0. The van der Waals surface area contributed by atoms with Crippen LogP contribution in [0, 0.1) is 11.6 Å². The number of amides is 3. The summed E-state index contributed by atoms with van der Waals surface area (Å²) in [6.07, 6.45) is 0.591. The average molecular weight is 367 g/mol. The molecule has 3 amide bonds. The average Bonchev–Trinajstić information content (AvgIpc) is 3.11. The second kappa shape index (κ2) is 5.16. The molecule has 1 fully saturated rings. The fraction of sp³-hybridized carbons (Fsp3) is 0.200. The van der Waals surface area contributed by atoms with E-state index in [0.29, 0.717) is 24.7 Å². The number of benzene rings is 2. The first-order valence-corrected chi connectivity index (χ1v) is 8.64. The third kappa shape index (κ3) is 1.91. The molecule has 2 aliphatic rings. The highest BCUT2D eigenvalue weighted by Gasteiger charge is 2.59. The Kier molecular flexibility index (Phi) is 3.05. The molecule has 3 aromatic rings. The molecule has 3 heterocycles. The van der Waals surface area contributed by atoms with Gasteiger partial charge in [-0.15, -0.1) is 0 Å². The molecule has 0 spiro atoms. The van der Waals surface area contributed by atoms with Gasteiger partial charge >= 0.3 is 6.03 Å². The summed E-state index contributed by atoms with van der Waals surface area (Å²) >= 11 is 0. The SMILES string of the molecule is C[C@@]12C(=O)N(c3ccc(F)cc3F)C(=O)N1CCc1c2[nH]c2ccccc12. The lowest BCUT2D eigenvalue weighted by Gasteiger charge is -2.35. The Balaban J connectivity index is 1.70. The van der Waals surface area contributed by atoms with Crippen LogP contribution < -0.4 is 4.90 Å². The second-order valence-electron chi connectivity index (χ2n) is 7.02. The van der Waals surface area contributed by atoms with Crippen LogP contribution in [0.3, 0.4) is 0 Å². The molecule has 0 unspecified atom stereocenters. The monoisotopic (exact) mass is 367 g/mol. The molecule has 0 radical (unpaired) electrons. The van der Waals surface area contributed by atoms with Gasteiger partial charge in [-0.3, -0.25) is 4.79 Å². The summed E-state index contributed by atoms with van der Waals surface area (Å²) in [4.78, 5) is 31.9. The number of fused-ring (bicyclic) bond motifs is 5. The van der Waals surface area contributed by atoms with Crippen LogP contribution in [0.25, 0.3) is 10.9 Å². The molecule has 0 aliphatic carbocycles. The zero-order valence-electron chi connectivity index (χ0n) is 14.4. The van der Waals surface area contributed by atoms with Gasteiger partial charge in [0.2, 0.25) is 0 Å². The second-order valence-corrected chi connectivity index (χ2v) is 7.02. The smallest absolute Gasteiger partial charge is 0.332 e. The number of anilines is 1. The Morgan fingerprint density at radius 1 is 1.11 bits per heavy atom. The maximum Gasteiger partial charge on any atom is 0.332 e. The number of hydrogen-bond acceptors (Lipinski definition) is 2. The number of imide groups is 1. The van der Waals surface area contributed by atoms with E-state index in [1.54, 1.807) is 6.92 Å². The number of H-pyrrole nitrogens is 1. The first-order valence-electron chi connectivity index (χ1n) is 8.64. The Bertz CT molecular complexity index is 1140. The number of halogens is 2. The molecule has 2 aromatic carbocycles. The number of carbonyl (C=O) groups is 2. The van der Waals surface area contributed by atoms with E-state index < -0.39 is 29.1 Å². The lowest BCUT2D eigenvalue weighted by molar-refractivity contribution is -0.125. The summed E-state index contributed by atoms with van der Waals surface area (Å²) in [6.45, 7) is 2.01. The van der Waals surface area contributed by atoms with Crippen LogP contribution in [-0.4, -0.2) is 28.4 Å². The van der Waals surface area contributed by atoms with Crippen molar-refractivity contribution in [2.45, 2.75) is 18.9 Å². The van der Waals surface area contributed by atoms with Crippen LogP contribution in [0.4, 0.5) is 19.3 Å². The number of nitrogens with zero attached hydrogens (tertiary/aromatic N) is 2. The Morgan fingerprint density at radius 3 is 2.67 bits per heavy atom. The summed E-state index contributed by atoms with van der Waals surface area (Å²) in [5.74, 6) is -2.26. The van der Waals surface area contributed by atoms with Crippen molar-refractivity contribution in [1.29, 1.82) is 0 Å². The summed E-state index contributed by atoms with van der Waals surface area (Å²) in [6, 6.07) is 9.93. The highest BCUT2D eigenvalue weighted by molar-refractivity contribution is 6.23. The third-order valence-electron chi connectivity index (χ3n) is 5.62. The van der Waals surface area contributed by atoms with Gasteiger partial charge < -0.3 is 9.88 Å². The fourth-order valence-electron chi connectivity index (χ4n) is 4.27. The van der Waals surface area contributed by atoms with Crippen molar-refractivity contribution in [2.24, 2.45) is 0 Å². The number of carbonyl (C=O) groups excluding carboxylic acids is 2. The molecule has 5 rings (SSSR count). The van der Waals surface area contributed by atoms with E-state index in [1.807, 2.05) is 24.3 Å². The molecule has 1 saturated heterocycles. The van der Waals surface area contributed by atoms with Crippen LogP contribution >= 0.6 is 0 Å². The normalized spacial score (nSPS) is 21.7. The topological polar surface area (TPSA) is 56.4 Å². The molecule has 1 atom stereocenters. The predicted molar refractivity (Wildman–Crippen MR) is 95.3 cm³/mol. The number of rotatable bonds is 1. The third-order valence-corrected chi connectivity index (χ3v) is 5.62. The van der Waals surface area contributed by atoms with Gasteiger partial charge in [0.1, 0.15) is 11.6 Å². The van der Waals surface area contributed by atoms with Gasteiger partial charge in [-0.2, -0.15) is 0 Å². The van der Waals surface area contributed by atoms with Crippen LogP contribution in [0.15, 0.2) is 42.5 Å². The minimum Gasteiger partial charge on any atom is -0.356 e. The molecule has 27 heavy (non-hydrogen) atoms. The molecular weight excluding hydrogens is 352 g/mol. The van der Waals surface area contributed by atoms with E-state index in [4.69, 9.17) is 0 Å². The van der Waals surface area contributed by atoms with Crippen molar-refractivity contribution in [3.05, 3.63) is 65.4 Å². The summed E-state index contributed by atoms with van der Waals surface area (Å²) in [5.41, 5.74) is 1.03. The predicted octanol–water partition coefficient (Wildman–Crippen LogP) is 3.69. The van der Waals surface area contributed by atoms with Crippen LogP contribution in [-0.2, 0) is 16.8 Å². The number of aromatic amines is 1. The Labute approximate surface area is 153 Å². The van der Waals surface area contributed by atoms with E-state index in [9.17, 15) is 18.4 Å². The molecule has 2 aliphatic heterocycles. The minimum absolute atomic E-state index is 0.236. The quantitative estimate of drug-likeness (QED) is 0.667. The van der Waals surface area contributed by atoms with Crippen LogP contribution in [0.5, 0.6) is 0 Å². The summed E-state index contributed by atoms with van der Waals surface area (Å²) in [5, 5.41) is 1.01. The number of nitrogens with one attached hydrogen (secondary N) is 1. The zero-order chi connectivity index (χ0) is 18.9. The molecule has 1 aromatic heterocycles. The lowest BCUT2D eigenvalue weighted by atomic mass is 9.87. The van der Waals surface area contributed by atoms with Crippen LogP contribution in [0.2, 0.25) is 0 Å². The van der Waals surface area contributed by atoms with Gasteiger partial charge in [0.25, 0.3) is 5.91 Å². The van der Waals surface area contributed by atoms with Gasteiger partial charge in [0.15, 0.2) is 5.54 Å². The molecule has 0 saturated carbocycles. The van der Waals surface area contributed by atoms with Crippen LogP contribution in [0.1, 0.15) is 18.2 Å². The van der Waals surface area contributed by atoms with E-state index in [-0.39, 0.29) is 5.69 Å². The molecular formula is C20H15F2N3O2. The maximum absolute atomic E-state index is 14.3. The number of hydrogen-bond donors (Lipinski definition) is 1. The van der Waals surface area contributed by atoms with E-state index in [2.05, 4.69) is 4.98 Å². The molecule has 7 heteroatoms. The molecule has 5 nitrogen and oxygen atoms in total. The number of aromatic nitrogens is 1. The highest BCUT2D eigenvalue weighted by atomic mass is 19.1. The van der Waals surface area contributed by atoms with Crippen molar-refractivity contribution in [3.8, 4) is 0 Å². The lowest BCUT2D eigenvalue weighted by Crippen LogP contribution is -2.49. The van der Waals surface area contributed by atoms with Crippen molar-refractivity contribution in [1.82, 2.24) is 9.88 Å². The maximum atomic E-state index is 14.3. The highest BCUT2D eigenvalue weighted by Crippen LogP contribution is 2.45. The number of urea groups is 1. The van der Waals surface area contributed by atoms with E-state index in [0.717, 1.165) is 33.5 Å². The van der Waals surface area contributed by atoms with Gasteiger partial charge in [0.05, 0.1) is 11.4 Å². The van der Waals surface area contributed by atoms with Crippen molar-refractivity contribution >= 4 is 28.5 Å². The Morgan fingerprint density at radius 2 is 1.89 bits per heavy atom. The largest absolute Gasteiger partial charge is 0.356 e. The van der Waals surface area contributed by atoms with E-state index in [1.165, 1.54) is 4.90 Å². The van der Waals surface area contributed by atoms with Gasteiger partial charge in [-0.25, -0.2) is 18.5 Å².